The molecule has 2 N–H and O–H groups in total. The number of carboxylic acid groups (broad SMARTS) is 1. The minimum Gasteiger partial charge on any atom is -0.476 e. The van der Waals surface area contributed by atoms with Gasteiger partial charge in [0.1, 0.15) is 11.0 Å². The third-order valence-electron chi connectivity index (χ3n) is 3.93. The highest BCUT2D eigenvalue weighted by Gasteiger charge is 2.52. The molecule has 2 amide bonds. The number of rotatable bonds is 4. The molecular weight excluding hydrogens is 326 g/mol. The number of nitrogens with one attached hydrogen (secondary N) is 1. The van der Waals surface area contributed by atoms with Crippen molar-refractivity contribution in [1.29, 1.82) is 0 Å². The van der Waals surface area contributed by atoms with E-state index in [0.29, 0.717) is 17.2 Å². The lowest BCUT2D eigenvalue weighted by Gasteiger charge is -2.29. The first kappa shape index (κ1) is 15.3. The van der Waals surface area contributed by atoms with Crippen LogP contribution in [0.2, 0.25) is 0 Å². The second-order valence-electron chi connectivity index (χ2n) is 5.42. The number of carbonyl (C=O) groups is 3. The molecule has 0 bridgehead atoms. The number of thioether (sulfide) groups is 1. The van der Waals surface area contributed by atoms with Gasteiger partial charge in [-0.25, -0.2) is 9.78 Å². The average Bonchev–Trinajstić information content (AvgIpc) is 3.13. The van der Waals surface area contributed by atoms with Gasteiger partial charge >= 0.3 is 5.97 Å². The summed E-state index contributed by atoms with van der Waals surface area (Å²) in [5.41, 5.74) is -0.0204. The van der Waals surface area contributed by atoms with Gasteiger partial charge in [-0.15, -0.1) is 23.1 Å². The Morgan fingerprint density at radius 3 is 3.05 bits per heavy atom. The van der Waals surface area contributed by atoms with Crippen LogP contribution in [0.5, 0.6) is 0 Å². The minimum absolute atomic E-state index is 0.0204. The van der Waals surface area contributed by atoms with Crippen LogP contribution in [0.1, 0.15) is 35.3 Å². The molecule has 2 saturated heterocycles. The van der Waals surface area contributed by atoms with Gasteiger partial charge in [0.05, 0.1) is 11.4 Å². The first-order valence-electron chi connectivity index (χ1n) is 6.82. The molecule has 0 saturated carbocycles. The minimum atomic E-state index is -1.08. The molecule has 1 aromatic heterocycles. The van der Waals surface area contributed by atoms with Gasteiger partial charge in [0.15, 0.2) is 5.69 Å². The van der Waals surface area contributed by atoms with Gasteiger partial charge in [-0.1, -0.05) is 0 Å². The molecule has 0 aliphatic carbocycles. The van der Waals surface area contributed by atoms with E-state index >= 15 is 0 Å². The fraction of sp³-hybridized carbons (Fsp3) is 0.538. The van der Waals surface area contributed by atoms with E-state index in [1.54, 1.807) is 16.7 Å². The summed E-state index contributed by atoms with van der Waals surface area (Å²) in [6.45, 7) is 2.17. The molecule has 0 unspecified atom stereocenters. The van der Waals surface area contributed by atoms with Crippen LogP contribution in [0, 0.1) is 0 Å². The van der Waals surface area contributed by atoms with Crippen LogP contribution in [0.15, 0.2) is 5.38 Å². The zero-order valence-electron chi connectivity index (χ0n) is 11.9. The van der Waals surface area contributed by atoms with Gasteiger partial charge in [-0.05, 0) is 13.3 Å². The van der Waals surface area contributed by atoms with E-state index in [0.717, 1.165) is 6.42 Å². The fourth-order valence-electron chi connectivity index (χ4n) is 2.79. The fourth-order valence-corrected chi connectivity index (χ4v) is 4.93. The summed E-state index contributed by atoms with van der Waals surface area (Å²) in [6.07, 6.45) is 1.26. The predicted octanol–water partition coefficient (Wildman–Crippen LogP) is 0.911. The predicted molar refractivity (Wildman–Crippen MR) is 81.7 cm³/mol. The molecule has 22 heavy (non-hydrogen) atoms. The highest BCUT2D eigenvalue weighted by atomic mass is 32.2. The largest absolute Gasteiger partial charge is 0.476 e. The number of fused-ring (bicyclic) bond motifs is 1. The maximum atomic E-state index is 12.3. The number of aromatic nitrogens is 1. The number of thiazole rings is 1. The normalized spacial score (nSPS) is 27.0. The molecule has 7 nitrogen and oxygen atoms in total. The van der Waals surface area contributed by atoms with Crippen molar-refractivity contribution in [3.63, 3.8) is 0 Å². The molecule has 9 heteroatoms. The Balaban J connectivity index is 1.62. The molecule has 0 aromatic carbocycles. The third-order valence-corrected chi connectivity index (χ3v) is 6.29. The molecule has 0 radical (unpaired) electrons. The van der Waals surface area contributed by atoms with Crippen LogP contribution in [0.4, 0.5) is 0 Å². The van der Waals surface area contributed by atoms with E-state index in [9.17, 15) is 14.4 Å². The molecule has 2 aliphatic heterocycles. The van der Waals surface area contributed by atoms with E-state index in [2.05, 4.69) is 10.3 Å². The van der Waals surface area contributed by atoms with Crippen LogP contribution >= 0.6 is 23.1 Å². The first-order chi connectivity index (χ1) is 10.4. The number of aromatic carboxylic acids is 1. The SMILES string of the molecule is C[C@@]12CCC(=O)N1[C@H](C(=O)NCc1nc(C(=O)O)cs1)CS2. The number of hydrogen-bond donors (Lipinski definition) is 2. The molecule has 2 aliphatic rings. The van der Waals surface area contributed by atoms with Crippen molar-refractivity contribution < 1.29 is 19.5 Å². The van der Waals surface area contributed by atoms with Crippen molar-refractivity contribution in [3.8, 4) is 0 Å². The van der Waals surface area contributed by atoms with Crippen LogP contribution in [0.25, 0.3) is 0 Å². The second kappa shape index (κ2) is 5.54. The molecule has 2 atom stereocenters. The van der Waals surface area contributed by atoms with E-state index < -0.39 is 12.0 Å². The summed E-state index contributed by atoms with van der Waals surface area (Å²) in [6, 6.07) is -0.455. The highest BCUT2D eigenvalue weighted by molar-refractivity contribution is 8.01. The first-order valence-corrected chi connectivity index (χ1v) is 8.69. The lowest BCUT2D eigenvalue weighted by molar-refractivity contribution is -0.138. The standard InChI is InChI=1S/C13H15N3O4S2/c1-13-3-2-10(17)16(13)8(6-22-13)11(18)14-4-9-15-7(5-21-9)12(19)20/h5,8H,2-4,6H2,1H3,(H,14,18)(H,19,20)/t8-,13+/m0/s1. The lowest BCUT2D eigenvalue weighted by atomic mass is 10.2. The summed E-state index contributed by atoms with van der Waals surface area (Å²) < 4.78 is 0. The third kappa shape index (κ3) is 2.58. The van der Waals surface area contributed by atoms with Crippen LogP contribution in [-0.2, 0) is 16.1 Å². The monoisotopic (exact) mass is 341 g/mol. The van der Waals surface area contributed by atoms with Crippen molar-refractivity contribution in [2.24, 2.45) is 0 Å². The van der Waals surface area contributed by atoms with Gasteiger partial charge < -0.3 is 15.3 Å². The topological polar surface area (TPSA) is 99.6 Å². The summed E-state index contributed by atoms with van der Waals surface area (Å²) >= 11 is 2.83. The Hall–Kier alpha value is -1.61. The maximum absolute atomic E-state index is 12.3. The molecule has 118 valence electrons. The molecule has 3 rings (SSSR count). The van der Waals surface area contributed by atoms with Gasteiger partial charge in [-0.2, -0.15) is 0 Å². The van der Waals surface area contributed by atoms with Gasteiger partial charge in [-0.3, -0.25) is 9.59 Å². The summed E-state index contributed by atoms with van der Waals surface area (Å²) in [7, 11) is 0. The highest BCUT2D eigenvalue weighted by Crippen LogP contribution is 2.47. The van der Waals surface area contributed by atoms with Crippen molar-refractivity contribution in [2.45, 2.75) is 37.2 Å². The maximum Gasteiger partial charge on any atom is 0.355 e. The van der Waals surface area contributed by atoms with Crippen molar-refractivity contribution in [3.05, 3.63) is 16.1 Å². The van der Waals surface area contributed by atoms with Gasteiger partial charge in [0.25, 0.3) is 0 Å². The Morgan fingerprint density at radius 2 is 2.36 bits per heavy atom. The molecule has 1 aromatic rings. The Morgan fingerprint density at radius 1 is 1.59 bits per heavy atom. The van der Waals surface area contributed by atoms with E-state index in [1.807, 2.05) is 6.92 Å². The molecule has 3 heterocycles. The molecule has 2 fully saturated rings. The molecule has 0 spiro atoms. The van der Waals surface area contributed by atoms with Crippen LogP contribution in [-0.4, -0.2) is 49.4 Å². The van der Waals surface area contributed by atoms with Crippen molar-refractivity contribution >= 4 is 40.9 Å². The summed E-state index contributed by atoms with van der Waals surface area (Å²) in [5, 5.41) is 13.5. The number of hydrogen-bond acceptors (Lipinski definition) is 6. The van der Waals surface area contributed by atoms with Gasteiger partial charge in [0.2, 0.25) is 11.8 Å². The summed E-state index contributed by atoms with van der Waals surface area (Å²) in [5.74, 6) is -0.681. The number of carboxylic acids is 1. The van der Waals surface area contributed by atoms with Crippen molar-refractivity contribution in [1.82, 2.24) is 15.2 Å². The smallest absolute Gasteiger partial charge is 0.355 e. The lowest BCUT2D eigenvalue weighted by Crippen LogP contribution is -2.49. The van der Waals surface area contributed by atoms with Gasteiger partial charge in [0, 0.05) is 17.6 Å². The number of amides is 2. The van der Waals surface area contributed by atoms with Crippen LogP contribution in [0.3, 0.4) is 0 Å². The van der Waals surface area contributed by atoms with E-state index in [4.69, 9.17) is 5.11 Å². The van der Waals surface area contributed by atoms with Crippen molar-refractivity contribution in [2.75, 3.05) is 5.75 Å². The molecular formula is C13H15N3O4S2. The Kier molecular flexibility index (Phi) is 3.85. The Labute approximate surface area is 135 Å². The van der Waals surface area contributed by atoms with E-state index in [-0.39, 0.29) is 28.9 Å². The quantitative estimate of drug-likeness (QED) is 0.844. The average molecular weight is 341 g/mol. The zero-order valence-corrected chi connectivity index (χ0v) is 13.5. The van der Waals surface area contributed by atoms with E-state index in [1.165, 1.54) is 16.7 Å². The Bertz CT molecular complexity index is 647. The second-order valence-corrected chi connectivity index (χ2v) is 7.86. The zero-order chi connectivity index (χ0) is 15.9. The number of nitrogens with zero attached hydrogens (tertiary/aromatic N) is 2. The van der Waals surface area contributed by atoms with Crippen LogP contribution < -0.4 is 5.32 Å². The number of carbonyl (C=O) groups excluding carboxylic acids is 2. The summed E-state index contributed by atoms with van der Waals surface area (Å²) in [4.78, 5) is 40.4.